The van der Waals surface area contributed by atoms with Crippen molar-refractivity contribution in [2.24, 2.45) is 0 Å². The maximum Gasteiger partial charge on any atom is 0.313 e. The SMILES string of the molecule is CCCC(=O)Oc1nc(-c2cccc(Cl)c2)c(-c2ccnc(NC(C)=O)c2)s1. The van der Waals surface area contributed by atoms with Crippen LogP contribution in [0.25, 0.3) is 21.7 Å². The van der Waals surface area contributed by atoms with Gasteiger partial charge in [-0.2, -0.15) is 0 Å². The van der Waals surface area contributed by atoms with Gasteiger partial charge in [0, 0.05) is 30.1 Å². The van der Waals surface area contributed by atoms with Crippen LogP contribution in [0.1, 0.15) is 26.7 Å². The van der Waals surface area contributed by atoms with E-state index in [2.05, 4.69) is 15.3 Å². The van der Waals surface area contributed by atoms with Crippen LogP contribution < -0.4 is 10.1 Å². The molecule has 144 valence electrons. The summed E-state index contributed by atoms with van der Waals surface area (Å²) in [5.74, 6) is -0.104. The van der Waals surface area contributed by atoms with Gasteiger partial charge in [-0.05, 0) is 36.2 Å². The fraction of sp³-hybridized carbons (Fsp3) is 0.200. The average Bonchev–Trinajstić information content (AvgIpc) is 3.05. The van der Waals surface area contributed by atoms with Gasteiger partial charge in [-0.1, -0.05) is 42.0 Å². The van der Waals surface area contributed by atoms with E-state index in [1.807, 2.05) is 25.1 Å². The van der Waals surface area contributed by atoms with Gasteiger partial charge in [0.2, 0.25) is 5.91 Å². The van der Waals surface area contributed by atoms with Crippen LogP contribution in [0.5, 0.6) is 5.19 Å². The third kappa shape index (κ3) is 4.94. The van der Waals surface area contributed by atoms with E-state index < -0.39 is 0 Å². The van der Waals surface area contributed by atoms with E-state index in [9.17, 15) is 9.59 Å². The van der Waals surface area contributed by atoms with E-state index in [0.29, 0.717) is 29.4 Å². The molecule has 0 atom stereocenters. The highest BCUT2D eigenvalue weighted by molar-refractivity contribution is 7.17. The molecule has 0 saturated carbocycles. The lowest BCUT2D eigenvalue weighted by Crippen LogP contribution is -2.07. The number of aromatic nitrogens is 2. The van der Waals surface area contributed by atoms with E-state index in [0.717, 1.165) is 16.0 Å². The second kappa shape index (κ2) is 8.95. The van der Waals surface area contributed by atoms with Crippen molar-refractivity contribution in [2.75, 3.05) is 5.32 Å². The summed E-state index contributed by atoms with van der Waals surface area (Å²) in [5, 5.41) is 3.51. The van der Waals surface area contributed by atoms with Gasteiger partial charge < -0.3 is 10.1 Å². The van der Waals surface area contributed by atoms with Crippen molar-refractivity contribution in [1.82, 2.24) is 9.97 Å². The number of amides is 1. The number of thiazole rings is 1. The minimum absolute atomic E-state index is 0.210. The summed E-state index contributed by atoms with van der Waals surface area (Å²) in [4.78, 5) is 32.7. The lowest BCUT2D eigenvalue weighted by molar-refractivity contribution is -0.134. The molecule has 2 aromatic heterocycles. The molecule has 0 aliphatic carbocycles. The molecular weight excluding hydrogens is 398 g/mol. The molecule has 0 radical (unpaired) electrons. The molecule has 0 saturated heterocycles. The number of carbonyl (C=O) groups is 2. The summed E-state index contributed by atoms with van der Waals surface area (Å²) in [7, 11) is 0. The number of nitrogens with one attached hydrogen (secondary N) is 1. The lowest BCUT2D eigenvalue weighted by Gasteiger charge is -2.05. The molecular formula is C20H18ClN3O3S. The minimum Gasteiger partial charge on any atom is -0.398 e. The van der Waals surface area contributed by atoms with Gasteiger partial charge in [0.25, 0.3) is 5.19 Å². The zero-order valence-corrected chi connectivity index (χ0v) is 16.9. The van der Waals surface area contributed by atoms with Gasteiger partial charge in [0.15, 0.2) is 0 Å². The maximum atomic E-state index is 11.9. The molecule has 6 nitrogen and oxygen atoms in total. The minimum atomic E-state index is -0.325. The van der Waals surface area contributed by atoms with Crippen molar-refractivity contribution < 1.29 is 14.3 Å². The van der Waals surface area contributed by atoms with Crippen molar-refractivity contribution in [1.29, 1.82) is 0 Å². The zero-order chi connectivity index (χ0) is 20.1. The Morgan fingerprint density at radius 2 is 2.04 bits per heavy atom. The summed E-state index contributed by atoms with van der Waals surface area (Å²) < 4.78 is 5.39. The molecule has 0 bridgehead atoms. The molecule has 1 N–H and O–H groups in total. The molecule has 0 fully saturated rings. The van der Waals surface area contributed by atoms with Crippen LogP contribution in [-0.4, -0.2) is 21.8 Å². The van der Waals surface area contributed by atoms with Gasteiger partial charge >= 0.3 is 5.97 Å². The topological polar surface area (TPSA) is 81.2 Å². The van der Waals surface area contributed by atoms with Crippen molar-refractivity contribution >= 4 is 40.6 Å². The predicted octanol–water partition coefficient (Wildman–Crippen LogP) is 5.19. The van der Waals surface area contributed by atoms with Gasteiger partial charge in [-0.15, -0.1) is 0 Å². The van der Waals surface area contributed by atoms with Gasteiger partial charge in [0.1, 0.15) is 5.82 Å². The number of anilines is 1. The van der Waals surface area contributed by atoms with E-state index >= 15 is 0 Å². The average molecular weight is 416 g/mol. The first-order valence-electron chi connectivity index (χ1n) is 8.67. The van der Waals surface area contributed by atoms with E-state index in [4.69, 9.17) is 16.3 Å². The molecule has 8 heteroatoms. The van der Waals surface area contributed by atoms with Gasteiger partial charge in [-0.25, -0.2) is 9.97 Å². The molecule has 28 heavy (non-hydrogen) atoms. The summed E-state index contributed by atoms with van der Waals surface area (Å²) >= 11 is 7.40. The van der Waals surface area contributed by atoms with Crippen LogP contribution in [0.15, 0.2) is 42.6 Å². The largest absolute Gasteiger partial charge is 0.398 e. The Morgan fingerprint density at radius 1 is 1.21 bits per heavy atom. The summed E-state index contributed by atoms with van der Waals surface area (Å²) in [6, 6.07) is 10.9. The number of rotatable bonds is 6. The van der Waals surface area contributed by atoms with Crippen LogP contribution >= 0.6 is 22.9 Å². The fourth-order valence-corrected chi connectivity index (χ4v) is 3.69. The van der Waals surface area contributed by atoms with Crippen LogP contribution in [0.4, 0.5) is 5.82 Å². The first kappa shape index (κ1) is 20.0. The second-order valence-corrected chi connectivity index (χ2v) is 7.40. The summed E-state index contributed by atoms with van der Waals surface area (Å²) in [5.41, 5.74) is 2.24. The quantitative estimate of drug-likeness (QED) is 0.560. The summed E-state index contributed by atoms with van der Waals surface area (Å²) in [6.45, 7) is 3.33. The standard InChI is InChI=1S/C20H18ClN3O3S/c1-3-5-17(26)27-20-24-18(13-6-4-7-15(21)10-13)19(28-20)14-8-9-22-16(11-14)23-12(2)25/h4,6-11H,3,5H2,1-2H3,(H,22,23,25). The molecule has 0 unspecified atom stereocenters. The Balaban J connectivity index is 2.06. The van der Waals surface area contributed by atoms with Crippen molar-refractivity contribution in [3.8, 4) is 26.9 Å². The first-order valence-corrected chi connectivity index (χ1v) is 9.87. The van der Waals surface area contributed by atoms with Gasteiger partial charge in [0.05, 0.1) is 10.6 Å². The third-order valence-corrected chi connectivity index (χ3v) is 4.90. The molecule has 3 rings (SSSR count). The number of nitrogens with zero attached hydrogens (tertiary/aromatic N) is 2. The summed E-state index contributed by atoms with van der Waals surface area (Å²) in [6.07, 6.45) is 2.62. The van der Waals surface area contributed by atoms with Crippen LogP contribution in [0.2, 0.25) is 5.02 Å². The van der Waals surface area contributed by atoms with E-state index in [1.54, 1.807) is 24.4 Å². The number of hydrogen-bond acceptors (Lipinski definition) is 6. The lowest BCUT2D eigenvalue weighted by atomic mass is 10.1. The fourth-order valence-electron chi connectivity index (χ4n) is 2.54. The number of carbonyl (C=O) groups excluding carboxylic acids is 2. The Labute approximate surface area is 171 Å². The molecule has 0 spiro atoms. The number of hydrogen-bond donors (Lipinski definition) is 1. The molecule has 1 aromatic carbocycles. The van der Waals surface area contributed by atoms with E-state index in [1.165, 1.54) is 18.3 Å². The smallest absolute Gasteiger partial charge is 0.313 e. The molecule has 0 aliphatic rings. The number of esters is 1. The monoisotopic (exact) mass is 415 g/mol. The van der Waals surface area contributed by atoms with Crippen molar-refractivity contribution in [3.05, 3.63) is 47.6 Å². The molecule has 1 amide bonds. The van der Waals surface area contributed by atoms with Crippen molar-refractivity contribution in [3.63, 3.8) is 0 Å². The Hall–Kier alpha value is -2.77. The Kier molecular flexibility index (Phi) is 6.38. The Bertz CT molecular complexity index is 1020. The highest BCUT2D eigenvalue weighted by Crippen LogP contribution is 2.41. The van der Waals surface area contributed by atoms with Crippen LogP contribution in [-0.2, 0) is 9.59 Å². The molecule has 0 aliphatic heterocycles. The maximum absolute atomic E-state index is 11.9. The number of ether oxygens (including phenoxy) is 1. The number of pyridine rings is 1. The van der Waals surface area contributed by atoms with Crippen molar-refractivity contribution in [2.45, 2.75) is 26.7 Å². The predicted molar refractivity (Wildman–Crippen MR) is 111 cm³/mol. The zero-order valence-electron chi connectivity index (χ0n) is 15.4. The molecule has 3 aromatic rings. The first-order chi connectivity index (χ1) is 13.5. The van der Waals surface area contributed by atoms with Gasteiger partial charge in [-0.3, -0.25) is 9.59 Å². The second-order valence-electron chi connectivity index (χ2n) is 6.00. The highest BCUT2D eigenvalue weighted by atomic mass is 35.5. The number of benzene rings is 1. The molecule has 2 heterocycles. The highest BCUT2D eigenvalue weighted by Gasteiger charge is 2.18. The van der Waals surface area contributed by atoms with Crippen LogP contribution in [0.3, 0.4) is 0 Å². The normalized spacial score (nSPS) is 10.5. The third-order valence-electron chi connectivity index (χ3n) is 3.69. The van der Waals surface area contributed by atoms with E-state index in [-0.39, 0.29) is 17.1 Å². The number of halogens is 1. The van der Waals surface area contributed by atoms with Crippen LogP contribution in [0, 0.1) is 0 Å². The Morgan fingerprint density at radius 3 is 2.75 bits per heavy atom.